The number of piperazine rings is 1. The summed E-state index contributed by atoms with van der Waals surface area (Å²) in [5.41, 5.74) is 4.41. The second kappa shape index (κ2) is 10.8. The Morgan fingerprint density at radius 3 is 2.24 bits per heavy atom. The van der Waals surface area contributed by atoms with Crippen LogP contribution in [0.5, 0.6) is 0 Å². The lowest BCUT2D eigenvalue weighted by Crippen LogP contribution is -2.46. The molecule has 4 rings (SSSR count). The molecule has 170 valence electrons. The summed E-state index contributed by atoms with van der Waals surface area (Å²) >= 11 is 12.0. The molecule has 0 saturated carbocycles. The van der Waals surface area contributed by atoms with Crippen molar-refractivity contribution in [3.05, 3.63) is 83.4 Å². The van der Waals surface area contributed by atoms with E-state index < -0.39 is 0 Å². The number of hydrogen-bond acceptors (Lipinski definition) is 4. The summed E-state index contributed by atoms with van der Waals surface area (Å²) in [6.07, 6.45) is 0. The topological polar surface area (TPSA) is 47.6 Å². The van der Waals surface area contributed by atoms with Gasteiger partial charge in [-0.1, -0.05) is 67.1 Å². The van der Waals surface area contributed by atoms with Crippen LogP contribution in [0, 0.1) is 0 Å². The monoisotopic (exact) mass is 478 g/mol. The molecule has 0 spiro atoms. The van der Waals surface area contributed by atoms with Gasteiger partial charge < -0.3 is 15.1 Å². The van der Waals surface area contributed by atoms with Gasteiger partial charge in [-0.2, -0.15) is 0 Å². The number of rotatable bonds is 5. The third-order valence-corrected chi connectivity index (χ3v) is 6.36. The molecular formula is C26H27ClN4OS. The average Bonchev–Trinajstić information content (AvgIpc) is 2.85. The number of carbonyl (C=O) groups is 1. The lowest BCUT2D eigenvalue weighted by molar-refractivity contribution is 0.0978. The number of likely N-dealkylation sites (N-methyl/N-ethyl adjacent to an activating group) is 1. The van der Waals surface area contributed by atoms with Crippen molar-refractivity contribution in [2.45, 2.75) is 6.92 Å². The summed E-state index contributed by atoms with van der Waals surface area (Å²) < 4.78 is 0. The van der Waals surface area contributed by atoms with Gasteiger partial charge in [0.25, 0.3) is 5.91 Å². The largest absolute Gasteiger partial charge is 0.366 e. The Morgan fingerprint density at radius 1 is 0.909 bits per heavy atom. The van der Waals surface area contributed by atoms with Gasteiger partial charge in [0.2, 0.25) is 0 Å². The number of para-hydroxylation sites is 1. The number of amides is 1. The molecule has 33 heavy (non-hydrogen) atoms. The summed E-state index contributed by atoms with van der Waals surface area (Å²) in [5, 5.41) is 6.85. The molecule has 1 aliphatic rings. The molecular weight excluding hydrogens is 452 g/mol. The molecule has 0 aromatic heterocycles. The number of nitrogens with one attached hydrogen (secondary N) is 2. The Hall–Kier alpha value is -2.93. The first kappa shape index (κ1) is 23.2. The van der Waals surface area contributed by atoms with E-state index in [0.29, 0.717) is 10.6 Å². The van der Waals surface area contributed by atoms with Crippen molar-refractivity contribution in [2.24, 2.45) is 0 Å². The number of halogens is 1. The lowest BCUT2D eigenvalue weighted by Gasteiger charge is -2.37. The standard InChI is InChI=1S/C26H27ClN4OS/c1-2-30-15-17-31(18-16-30)24-22(27)9-6-10-23(24)28-26(33)29-25(32)21-13-11-20(12-14-21)19-7-4-3-5-8-19/h3-14H,2,15-18H2,1H3,(H2,28,29,32,33). The number of benzene rings is 3. The van der Waals surface area contributed by atoms with Crippen LogP contribution >= 0.6 is 23.8 Å². The van der Waals surface area contributed by atoms with Crippen molar-refractivity contribution >= 4 is 46.2 Å². The van der Waals surface area contributed by atoms with Crippen LogP contribution in [0.3, 0.4) is 0 Å². The van der Waals surface area contributed by atoms with E-state index in [1.54, 1.807) is 12.1 Å². The van der Waals surface area contributed by atoms with Gasteiger partial charge in [-0.15, -0.1) is 0 Å². The summed E-state index contributed by atoms with van der Waals surface area (Å²) in [6.45, 7) is 6.97. The van der Waals surface area contributed by atoms with Crippen LogP contribution in [-0.4, -0.2) is 48.6 Å². The number of carbonyl (C=O) groups excluding carboxylic acids is 1. The van der Waals surface area contributed by atoms with Gasteiger partial charge in [0.05, 0.1) is 16.4 Å². The predicted molar refractivity (Wildman–Crippen MR) is 141 cm³/mol. The fourth-order valence-corrected chi connectivity index (χ4v) is 4.50. The first-order valence-corrected chi connectivity index (χ1v) is 11.9. The Balaban J connectivity index is 1.42. The predicted octanol–water partition coefficient (Wildman–Crippen LogP) is 5.28. The molecule has 7 heteroatoms. The minimum absolute atomic E-state index is 0.239. The minimum Gasteiger partial charge on any atom is -0.366 e. The number of nitrogens with zero attached hydrogens (tertiary/aromatic N) is 2. The molecule has 5 nitrogen and oxygen atoms in total. The third-order valence-electron chi connectivity index (χ3n) is 5.85. The molecule has 1 fully saturated rings. The molecule has 0 atom stereocenters. The highest BCUT2D eigenvalue weighted by molar-refractivity contribution is 7.80. The first-order chi connectivity index (χ1) is 16.0. The van der Waals surface area contributed by atoms with Crippen molar-refractivity contribution in [1.29, 1.82) is 0 Å². The minimum atomic E-state index is -0.257. The summed E-state index contributed by atoms with van der Waals surface area (Å²) in [6, 6.07) is 23.2. The molecule has 2 N–H and O–H groups in total. The maximum absolute atomic E-state index is 12.7. The highest BCUT2D eigenvalue weighted by Crippen LogP contribution is 2.34. The van der Waals surface area contributed by atoms with Crippen LogP contribution in [-0.2, 0) is 0 Å². The highest BCUT2D eigenvalue weighted by atomic mass is 35.5. The van der Waals surface area contributed by atoms with Gasteiger partial charge in [-0.25, -0.2) is 0 Å². The molecule has 1 amide bonds. The maximum Gasteiger partial charge on any atom is 0.257 e. The zero-order valence-corrected chi connectivity index (χ0v) is 20.1. The van der Waals surface area contributed by atoms with Crippen LogP contribution in [0.25, 0.3) is 11.1 Å². The molecule has 3 aromatic carbocycles. The van der Waals surface area contributed by atoms with Crippen LogP contribution in [0.1, 0.15) is 17.3 Å². The summed E-state index contributed by atoms with van der Waals surface area (Å²) in [7, 11) is 0. The molecule has 1 saturated heterocycles. The SMILES string of the molecule is CCN1CCN(c2c(Cl)cccc2NC(=S)NC(=O)c2ccc(-c3ccccc3)cc2)CC1. The van der Waals surface area contributed by atoms with Gasteiger partial charge in [0, 0.05) is 31.7 Å². The van der Waals surface area contributed by atoms with E-state index in [1.165, 1.54) is 0 Å². The van der Waals surface area contributed by atoms with Crippen LogP contribution in [0.4, 0.5) is 11.4 Å². The molecule has 1 aliphatic heterocycles. The molecule has 0 bridgehead atoms. The van der Waals surface area contributed by atoms with Gasteiger partial charge in [-0.3, -0.25) is 10.1 Å². The van der Waals surface area contributed by atoms with Crippen molar-refractivity contribution in [3.63, 3.8) is 0 Å². The number of thiocarbonyl (C=S) groups is 1. The van der Waals surface area contributed by atoms with E-state index in [9.17, 15) is 4.79 Å². The van der Waals surface area contributed by atoms with Crippen molar-refractivity contribution in [3.8, 4) is 11.1 Å². The van der Waals surface area contributed by atoms with Crippen molar-refractivity contribution in [1.82, 2.24) is 10.2 Å². The Morgan fingerprint density at radius 2 is 1.58 bits per heavy atom. The van der Waals surface area contributed by atoms with E-state index in [-0.39, 0.29) is 11.0 Å². The molecule has 3 aromatic rings. The number of hydrogen-bond donors (Lipinski definition) is 2. The third kappa shape index (κ3) is 5.71. The molecule has 0 unspecified atom stereocenters. The van der Waals surface area contributed by atoms with Gasteiger partial charge in [0.15, 0.2) is 5.11 Å². The summed E-state index contributed by atoms with van der Waals surface area (Å²) in [5.74, 6) is -0.257. The Labute approximate surface area is 205 Å². The molecule has 1 heterocycles. The van der Waals surface area contributed by atoms with E-state index >= 15 is 0 Å². The second-order valence-corrected chi connectivity index (χ2v) is 8.72. The van der Waals surface area contributed by atoms with Crippen LogP contribution < -0.4 is 15.5 Å². The van der Waals surface area contributed by atoms with E-state index in [4.69, 9.17) is 23.8 Å². The Kier molecular flexibility index (Phi) is 7.60. The van der Waals surface area contributed by atoms with E-state index in [1.807, 2.05) is 60.7 Å². The van der Waals surface area contributed by atoms with Gasteiger partial charge >= 0.3 is 0 Å². The van der Waals surface area contributed by atoms with Gasteiger partial charge in [-0.05, 0) is 54.2 Å². The van der Waals surface area contributed by atoms with Crippen LogP contribution in [0.15, 0.2) is 72.8 Å². The fraction of sp³-hybridized carbons (Fsp3) is 0.231. The average molecular weight is 479 g/mol. The fourth-order valence-electron chi connectivity index (χ4n) is 4.00. The smallest absolute Gasteiger partial charge is 0.257 e. The van der Waals surface area contributed by atoms with Crippen molar-refractivity contribution in [2.75, 3.05) is 42.9 Å². The summed E-state index contributed by atoms with van der Waals surface area (Å²) in [4.78, 5) is 17.4. The van der Waals surface area contributed by atoms with Crippen molar-refractivity contribution < 1.29 is 4.79 Å². The maximum atomic E-state index is 12.7. The van der Waals surface area contributed by atoms with E-state index in [2.05, 4.69) is 27.4 Å². The zero-order valence-electron chi connectivity index (χ0n) is 18.6. The lowest BCUT2D eigenvalue weighted by atomic mass is 10.0. The zero-order chi connectivity index (χ0) is 23.2. The number of anilines is 2. The normalized spacial score (nSPS) is 14.1. The molecule has 0 aliphatic carbocycles. The Bertz CT molecular complexity index is 1110. The second-order valence-electron chi connectivity index (χ2n) is 7.91. The van der Waals surface area contributed by atoms with Gasteiger partial charge in [0.1, 0.15) is 0 Å². The highest BCUT2D eigenvalue weighted by Gasteiger charge is 2.21. The van der Waals surface area contributed by atoms with Crippen LogP contribution in [0.2, 0.25) is 5.02 Å². The quantitative estimate of drug-likeness (QED) is 0.489. The molecule has 0 radical (unpaired) electrons. The first-order valence-electron chi connectivity index (χ1n) is 11.1. The van der Waals surface area contributed by atoms with E-state index in [0.717, 1.165) is 55.2 Å².